The number of hydrogen-bond acceptors (Lipinski definition) is 8. The van der Waals surface area contributed by atoms with Crippen LogP contribution < -0.4 is 15.4 Å². The number of carbonyl (C=O) groups excluding carboxylic acids is 2. The molecule has 2 aromatic rings. The van der Waals surface area contributed by atoms with Crippen LogP contribution in [-0.2, 0) is 19.0 Å². The zero-order valence-electron chi connectivity index (χ0n) is 29.0. The van der Waals surface area contributed by atoms with Crippen molar-refractivity contribution in [3.63, 3.8) is 0 Å². The number of anilines is 1. The molecule has 258 valence electrons. The number of benzene rings is 2. The van der Waals surface area contributed by atoms with Gasteiger partial charge in [-0.3, -0.25) is 4.79 Å². The van der Waals surface area contributed by atoms with Crippen LogP contribution in [0.5, 0.6) is 5.75 Å². The van der Waals surface area contributed by atoms with Crippen LogP contribution >= 0.6 is 11.6 Å². The number of methoxy groups -OCH3 is 2. The number of esters is 1. The van der Waals surface area contributed by atoms with Gasteiger partial charge in [-0.25, -0.2) is 9.18 Å². The Labute approximate surface area is 283 Å². The Morgan fingerprint density at radius 3 is 2.32 bits per heavy atom. The summed E-state index contributed by atoms with van der Waals surface area (Å²) >= 11 is 6.12. The van der Waals surface area contributed by atoms with Gasteiger partial charge < -0.3 is 29.6 Å². The van der Waals surface area contributed by atoms with Crippen molar-refractivity contribution in [3.05, 3.63) is 58.4 Å². The van der Waals surface area contributed by atoms with E-state index in [1.54, 1.807) is 25.3 Å². The van der Waals surface area contributed by atoms with Crippen molar-refractivity contribution in [2.24, 2.45) is 11.3 Å². The molecule has 2 N–H and O–H groups in total. The fraction of sp³-hybridized carbons (Fsp3) is 0.583. The van der Waals surface area contributed by atoms with Crippen molar-refractivity contribution in [1.29, 1.82) is 5.26 Å². The van der Waals surface area contributed by atoms with Crippen molar-refractivity contribution < 1.29 is 32.9 Å². The van der Waals surface area contributed by atoms with Crippen LogP contribution in [0, 0.1) is 28.5 Å². The first-order valence-electron chi connectivity index (χ1n) is 15.9. The first-order valence-corrected chi connectivity index (χ1v) is 16.2. The molecule has 0 aliphatic carbocycles. The highest BCUT2D eigenvalue weighted by atomic mass is 35.5. The second-order valence-electron chi connectivity index (χ2n) is 14.5. The fourth-order valence-electron chi connectivity index (χ4n) is 5.79. The van der Waals surface area contributed by atoms with Crippen LogP contribution in [0.4, 0.5) is 10.1 Å². The van der Waals surface area contributed by atoms with E-state index in [0.717, 1.165) is 6.42 Å². The third kappa shape index (κ3) is 10.4. The third-order valence-electron chi connectivity index (χ3n) is 8.35. The van der Waals surface area contributed by atoms with E-state index in [-0.39, 0.29) is 39.0 Å². The number of nitrogens with zero attached hydrogens (tertiary/aromatic N) is 1. The van der Waals surface area contributed by atoms with Gasteiger partial charge in [-0.15, -0.1) is 0 Å². The Bertz CT molecular complexity index is 1450. The molecule has 9 nitrogen and oxygen atoms in total. The molecule has 0 aromatic heterocycles. The SMILES string of the molecule is COCCC(C)(C)OCCC(C)(C)OC(=O)c1ccc(NC(=O)[C@@H]2NC(CC(C)(C)C)C(C#N)C2c2cccc(Cl)c2F)c(OC)c1. The third-order valence-corrected chi connectivity index (χ3v) is 8.64. The zero-order valence-corrected chi connectivity index (χ0v) is 29.7. The molecule has 2 aromatic carbocycles. The number of nitrogens with one attached hydrogen (secondary N) is 2. The lowest BCUT2D eigenvalue weighted by Crippen LogP contribution is -2.42. The van der Waals surface area contributed by atoms with Crippen LogP contribution in [0.2, 0.25) is 5.02 Å². The van der Waals surface area contributed by atoms with Gasteiger partial charge in [0.2, 0.25) is 5.91 Å². The second kappa shape index (κ2) is 15.8. The number of carbonyl (C=O) groups is 2. The Kier molecular flexibility index (Phi) is 12.8. The summed E-state index contributed by atoms with van der Waals surface area (Å²) in [7, 11) is 3.07. The molecule has 0 bridgehead atoms. The van der Waals surface area contributed by atoms with Gasteiger partial charge in [0, 0.05) is 32.1 Å². The first-order chi connectivity index (χ1) is 21.9. The van der Waals surface area contributed by atoms with Crippen LogP contribution in [0.1, 0.15) is 89.6 Å². The normalized spacial score (nSPS) is 20.0. The van der Waals surface area contributed by atoms with E-state index in [1.807, 2.05) is 48.5 Å². The smallest absolute Gasteiger partial charge is 0.338 e. The first kappa shape index (κ1) is 38.2. The number of halogens is 2. The van der Waals surface area contributed by atoms with Crippen molar-refractivity contribution in [1.82, 2.24) is 5.32 Å². The lowest BCUT2D eigenvalue weighted by molar-refractivity contribution is -0.118. The van der Waals surface area contributed by atoms with Crippen molar-refractivity contribution >= 4 is 29.2 Å². The minimum atomic E-state index is -0.947. The summed E-state index contributed by atoms with van der Waals surface area (Å²) in [5.41, 5.74) is -0.602. The lowest BCUT2D eigenvalue weighted by Gasteiger charge is -2.29. The summed E-state index contributed by atoms with van der Waals surface area (Å²) in [5.74, 6) is -2.94. The van der Waals surface area contributed by atoms with Crippen LogP contribution in [0.15, 0.2) is 36.4 Å². The molecule has 1 fully saturated rings. The van der Waals surface area contributed by atoms with E-state index in [2.05, 4.69) is 16.7 Å². The zero-order chi connectivity index (χ0) is 35.2. The van der Waals surface area contributed by atoms with Crippen molar-refractivity contribution in [3.8, 4) is 11.8 Å². The largest absolute Gasteiger partial charge is 0.495 e. The highest BCUT2D eigenvalue weighted by Gasteiger charge is 2.49. The molecule has 3 rings (SSSR count). The van der Waals surface area contributed by atoms with Gasteiger partial charge >= 0.3 is 5.97 Å². The maximum Gasteiger partial charge on any atom is 0.338 e. The predicted molar refractivity (Wildman–Crippen MR) is 180 cm³/mol. The number of nitriles is 1. The molecule has 0 radical (unpaired) electrons. The molecule has 1 aliphatic heterocycles. The molecule has 1 heterocycles. The van der Waals surface area contributed by atoms with Gasteiger partial charge in [-0.05, 0) is 75.8 Å². The van der Waals surface area contributed by atoms with Gasteiger partial charge in [0.05, 0.1) is 53.6 Å². The number of amides is 1. The topological polar surface area (TPSA) is 119 Å². The standard InChI is InChI=1S/C36H49ClFN3O6/c1-34(2,3)20-27-24(21-39)29(23-11-10-12-25(37)30(23)38)31(40-27)32(42)41-26-14-13-22(19-28(26)45-9)33(43)47-36(6,7)16-18-46-35(4,5)15-17-44-8/h10-14,19,24,27,29,31,40H,15-18,20H2,1-9H3,(H,41,42)/t24?,27?,29?,31-/m1/s1. The maximum absolute atomic E-state index is 15.3. The van der Waals surface area contributed by atoms with E-state index < -0.39 is 41.2 Å². The Morgan fingerprint density at radius 1 is 1.02 bits per heavy atom. The Hall–Kier alpha value is -3.23. The van der Waals surface area contributed by atoms with Crippen molar-refractivity contribution in [2.45, 2.75) is 96.9 Å². The van der Waals surface area contributed by atoms with E-state index in [9.17, 15) is 14.9 Å². The number of ether oxygens (including phenoxy) is 4. The summed E-state index contributed by atoms with van der Waals surface area (Å²) in [4.78, 5) is 27.0. The molecule has 11 heteroatoms. The number of hydrogen-bond donors (Lipinski definition) is 2. The molecule has 1 aliphatic rings. The Balaban J connectivity index is 1.79. The van der Waals surface area contributed by atoms with E-state index in [0.29, 0.717) is 31.7 Å². The summed E-state index contributed by atoms with van der Waals surface area (Å²) in [6.45, 7) is 14.7. The molecule has 4 atom stereocenters. The molecule has 0 spiro atoms. The second-order valence-corrected chi connectivity index (χ2v) is 14.9. The van der Waals surface area contributed by atoms with Gasteiger partial charge in [-0.1, -0.05) is 44.5 Å². The van der Waals surface area contributed by atoms with Gasteiger partial charge in [0.25, 0.3) is 0 Å². The highest BCUT2D eigenvalue weighted by Crippen LogP contribution is 2.42. The fourth-order valence-corrected chi connectivity index (χ4v) is 5.97. The molecule has 3 unspecified atom stereocenters. The van der Waals surface area contributed by atoms with E-state index in [4.69, 9.17) is 30.5 Å². The predicted octanol–water partition coefficient (Wildman–Crippen LogP) is 7.28. The van der Waals surface area contributed by atoms with E-state index >= 15 is 4.39 Å². The average Bonchev–Trinajstić information content (AvgIpc) is 3.33. The number of rotatable bonds is 14. The molecule has 0 saturated carbocycles. The summed E-state index contributed by atoms with van der Waals surface area (Å²) in [6.07, 6.45) is 1.79. The van der Waals surface area contributed by atoms with Crippen LogP contribution in [-0.4, -0.2) is 62.6 Å². The quantitative estimate of drug-likeness (QED) is 0.201. The lowest BCUT2D eigenvalue weighted by atomic mass is 9.77. The molecular formula is C36H49ClFN3O6. The van der Waals surface area contributed by atoms with Crippen LogP contribution in [0.25, 0.3) is 0 Å². The summed E-state index contributed by atoms with van der Waals surface area (Å²) in [6, 6.07) is 10.2. The monoisotopic (exact) mass is 673 g/mol. The van der Waals surface area contributed by atoms with Crippen LogP contribution in [0.3, 0.4) is 0 Å². The molecule has 1 saturated heterocycles. The Morgan fingerprint density at radius 2 is 1.70 bits per heavy atom. The summed E-state index contributed by atoms with van der Waals surface area (Å²) in [5, 5.41) is 16.3. The van der Waals surface area contributed by atoms with Gasteiger partial charge in [-0.2, -0.15) is 5.26 Å². The van der Waals surface area contributed by atoms with E-state index in [1.165, 1.54) is 25.3 Å². The minimum Gasteiger partial charge on any atom is -0.495 e. The maximum atomic E-state index is 15.3. The minimum absolute atomic E-state index is 0.0802. The average molecular weight is 674 g/mol. The molecule has 1 amide bonds. The highest BCUT2D eigenvalue weighted by molar-refractivity contribution is 6.30. The van der Waals surface area contributed by atoms with Gasteiger partial charge in [0.1, 0.15) is 17.2 Å². The summed E-state index contributed by atoms with van der Waals surface area (Å²) < 4.78 is 37.8. The van der Waals surface area contributed by atoms with Crippen molar-refractivity contribution in [2.75, 3.05) is 32.8 Å². The van der Waals surface area contributed by atoms with Gasteiger partial charge in [0.15, 0.2) is 0 Å². The molecular weight excluding hydrogens is 625 g/mol. The molecule has 47 heavy (non-hydrogen) atoms.